The maximum absolute atomic E-state index is 12.0. The monoisotopic (exact) mass is 377 g/mol. The molecule has 22 heavy (non-hydrogen) atoms. The van der Waals surface area contributed by atoms with Gasteiger partial charge < -0.3 is 5.32 Å². The average molecular weight is 379 g/mol. The van der Waals surface area contributed by atoms with Crippen LogP contribution >= 0.6 is 46.4 Å². The van der Waals surface area contributed by atoms with Crippen molar-refractivity contribution in [1.82, 2.24) is 9.78 Å². The van der Waals surface area contributed by atoms with E-state index in [1.807, 2.05) is 12.1 Å². The molecule has 0 saturated heterocycles. The summed E-state index contributed by atoms with van der Waals surface area (Å²) in [6.45, 7) is 0.388. The first-order chi connectivity index (χ1) is 10.4. The van der Waals surface area contributed by atoms with Gasteiger partial charge in [0.15, 0.2) is 0 Å². The van der Waals surface area contributed by atoms with Gasteiger partial charge >= 0.3 is 0 Å². The zero-order valence-electron chi connectivity index (χ0n) is 11.2. The second-order valence-electron chi connectivity index (χ2n) is 5.09. The van der Waals surface area contributed by atoms with Crippen molar-refractivity contribution in [2.24, 2.45) is 5.92 Å². The molecule has 1 fully saturated rings. The number of hydrogen-bond acceptors (Lipinski definition) is 2. The third kappa shape index (κ3) is 3.20. The summed E-state index contributed by atoms with van der Waals surface area (Å²) < 4.78 is 0.674. The van der Waals surface area contributed by atoms with E-state index in [0.29, 0.717) is 28.8 Å². The number of hydrogen-bond donors (Lipinski definition) is 1. The van der Waals surface area contributed by atoms with E-state index in [9.17, 15) is 4.79 Å². The molecule has 0 spiro atoms. The number of rotatable bonds is 4. The Hall–Kier alpha value is -0.940. The Kier molecular flexibility index (Phi) is 4.29. The fraction of sp³-hybridized carbons (Fsp3) is 0.286. The van der Waals surface area contributed by atoms with Crippen molar-refractivity contribution >= 4 is 58.1 Å². The quantitative estimate of drug-likeness (QED) is 0.803. The fourth-order valence-electron chi connectivity index (χ4n) is 2.11. The lowest BCUT2D eigenvalue weighted by Crippen LogP contribution is -2.19. The van der Waals surface area contributed by atoms with Crippen molar-refractivity contribution < 1.29 is 4.79 Å². The molecule has 1 unspecified atom stereocenters. The van der Waals surface area contributed by atoms with E-state index >= 15 is 0 Å². The molecule has 1 atom stereocenters. The van der Waals surface area contributed by atoms with Gasteiger partial charge in [-0.15, -0.1) is 23.2 Å². The zero-order chi connectivity index (χ0) is 15.9. The molecule has 0 aliphatic heterocycles. The van der Waals surface area contributed by atoms with Crippen molar-refractivity contribution in [2.75, 3.05) is 5.32 Å². The molecular formula is C14H11Cl4N3O. The van der Waals surface area contributed by atoms with Crippen LogP contribution in [0.1, 0.15) is 12.0 Å². The predicted octanol–water partition coefficient (Wildman–Crippen LogP) is 4.37. The highest BCUT2D eigenvalue weighted by atomic mass is 35.5. The van der Waals surface area contributed by atoms with Crippen LogP contribution in [-0.4, -0.2) is 20.0 Å². The van der Waals surface area contributed by atoms with Crippen molar-refractivity contribution in [2.45, 2.75) is 17.3 Å². The molecule has 1 amide bonds. The van der Waals surface area contributed by atoms with Gasteiger partial charge in [0.2, 0.25) is 5.91 Å². The van der Waals surface area contributed by atoms with Crippen LogP contribution in [-0.2, 0) is 11.3 Å². The first kappa shape index (κ1) is 15.9. The van der Waals surface area contributed by atoms with Crippen molar-refractivity contribution in [3.05, 3.63) is 46.1 Å². The number of benzene rings is 1. The Morgan fingerprint density at radius 1 is 1.36 bits per heavy atom. The summed E-state index contributed by atoms with van der Waals surface area (Å²) in [7, 11) is 0. The number of nitrogens with zero attached hydrogens (tertiary/aromatic N) is 2. The van der Waals surface area contributed by atoms with Crippen molar-refractivity contribution in [1.29, 1.82) is 0 Å². The predicted molar refractivity (Wildman–Crippen MR) is 89.0 cm³/mol. The Balaban J connectivity index is 1.75. The molecule has 4 nitrogen and oxygen atoms in total. The molecule has 0 radical (unpaired) electrons. The zero-order valence-corrected chi connectivity index (χ0v) is 14.2. The highest BCUT2D eigenvalue weighted by Gasteiger charge is 2.56. The van der Waals surface area contributed by atoms with Gasteiger partial charge in [-0.05, 0) is 18.1 Å². The first-order valence-electron chi connectivity index (χ1n) is 6.52. The molecule has 1 aromatic heterocycles. The van der Waals surface area contributed by atoms with E-state index in [2.05, 4.69) is 10.4 Å². The molecule has 3 rings (SSSR count). The minimum atomic E-state index is -0.953. The normalized spacial score (nSPS) is 19.0. The number of nitrogens with one attached hydrogen (secondary N) is 1. The molecule has 1 N–H and O–H groups in total. The van der Waals surface area contributed by atoms with Gasteiger partial charge in [0.25, 0.3) is 0 Å². The maximum atomic E-state index is 12.0. The highest BCUT2D eigenvalue weighted by molar-refractivity contribution is 6.52. The van der Waals surface area contributed by atoms with Crippen LogP contribution in [0.4, 0.5) is 5.82 Å². The molecule has 1 aliphatic carbocycles. The summed E-state index contributed by atoms with van der Waals surface area (Å²) in [6, 6.07) is 7.07. The second kappa shape index (κ2) is 5.93. The van der Waals surface area contributed by atoms with Gasteiger partial charge in [-0.25, -0.2) is 4.68 Å². The second-order valence-corrected chi connectivity index (χ2v) is 7.42. The van der Waals surface area contributed by atoms with Crippen LogP contribution in [0.2, 0.25) is 10.0 Å². The van der Waals surface area contributed by atoms with E-state index in [0.717, 1.165) is 5.56 Å². The van der Waals surface area contributed by atoms with Gasteiger partial charge in [-0.3, -0.25) is 4.79 Å². The van der Waals surface area contributed by atoms with Crippen LogP contribution in [0.3, 0.4) is 0 Å². The van der Waals surface area contributed by atoms with Crippen LogP contribution in [0.25, 0.3) is 0 Å². The van der Waals surface area contributed by atoms with E-state index in [4.69, 9.17) is 46.4 Å². The fourth-order valence-corrected chi connectivity index (χ4v) is 2.99. The maximum Gasteiger partial charge on any atom is 0.231 e. The topological polar surface area (TPSA) is 46.9 Å². The molecule has 1 saturated carbocycles. The Bertz CT molecular complexity index is 729. The lowest BCUT2D eigenvalue weighted by Gasteiger charge is -2.11. The van der Waals surface area contributed by atoms with Gasteiger partial charge in [0.05, 0.1) is 28.7 Å². The molecule has 1 aliphatic rings. The van der Waals surface area contributed by atoms with Gasteiger partial charge in [-0.2, -0.15) is 5.10 Å². The van der Waals surface area contributed by atoms with E-state index in [-0.39, 0.29) is 5.91 Å². The molecular weight excluding hydrogens is 368 g/mol. The Labute approximate surface area is 147 Å². The van der Waals surface area contributed by atoms with E-state index < -0.39 is 10.3 Å². The van der Waals surface area contributed by atoms with Crippen molar-refractivity contribution in [3.8, 4) is 0 Å². The molecule has 1 aromatic carbocycles. The molecule has 2 aromatic rings. The molecule has 8 heteroatoms. The van der Waals surface area contributed by atoms with Crippen LogP contribution in [0.15, 0.2) is 30.5 Å². The number of halogens is 4. The lowest BCUT2D eigenvalue weighted by atomic mass is 10.2. The lowest BCUT2D eigenvalue weighted by molar-refractivity contribution is -0.117. The molecule has 1 heterocycles. The number of carbonyl (C=O) groups is 1. The highest BCUT2D eigenvalue weighted by Crippen LogP contribution is 2.53. The number of aromatic nitrogens is 2. The Morgan fingerprint density at radius 3 is 2.77 bits per heavy atom. The molecule has 116 valence electrons. The SMILES string of the molecule is O=C(Nc1ccnn1Cc1cccc(Cl)c1Cl)C1CC1(Cl)Cl. The third-order valence-electron chi connectivity index (χ3n) is 3.46. The number of amides is 1. The largest absolute Gasteiger partial charge is 0.311 e. The van der Waals surface area contributed by atoms with Gasteiger partial charge in [0, 0.05) is 6.07 Å². The van der Waals surface area contributed by atoms with E-state index in [1.165, 1.54) is 0 Å². The van der Waals surface area contributed by atoms with Crippen LogP contribution in [0, 0.1) is 5.92 Å². The summed E-state index contributed by atoms with van der Waals surface area (Å²) >= 11 is 24.0. The van der Waals surface area contributed by atoms with Crippen LogP contribution < -0.4 is 5.32 Å². The van der Waals surface area contributed by atoms with Gasteiger partial charge in [-0.1, -0.05) is 35.3 Å². The third-order valence-corrected chi connectivity index (χ3v) is 5.16. The number of anilines is 1. The van der Waals surface area contributed by atoms with Gasteiger partial charge in [0.1, 0.15) is 10.2 Å². The van der Waals surface area contributed by atoms with E-state index in [1.54, 1.807) is 23.0 Å². The number of alkyl halides is 2. The summed E-state index contributed by atoms with van der Waals surface area (Å²) in [5.74, 6) is -0.0602. The standard InChI is InChI=1S/C14H11Cl4N3O/c15-10-3-1-2-8(12(10)16)7-21-11(4-5-19-21)20-13(22)9-6-14(9,17)18/h1-5,9H,6-7H2,(H,20,22). The minimum absolute atomic E-state index is 0.219. The minimum Gasteiger partial charge on any atom is -0.311 e. The van der Waals surface area contributed by atoms with Crippen LogP contribution in [0.5, 0.6) is 0 Å². The first-order valence-corrected chi connectivity index (χ1v) is 8.03. The summed E-state index contributed by atoms with van der Waals surface area (Å²) in [5.41, 5.74) is 0.809. The number of carbonyl (C=O) groups excluding carboxylic acids is 1. The summed E-state index contributed by atoms with van der Waals surface area (Å²) in [6.07, 6.45) is 2.05. The average Bonchev–Trinajstić information content (AvgIpc) is 2.89. The smallest absolute Gasteiger partial charge is 0.231 e. The van der Waals surface area contributed by atoms with Crippen molar-refractivity contribution in [3.63, 3.8) is 0 Å². The molecule has 0 bridgehead atoms. The Morgan fingerprint density at radius 2 is 2.09 bits per heavy atom. The summed E-state index contributed by atoms with van der Waals surface area (Å²) in [5, 5.41) is 7.91. The summed E-state index contributed by atoms with van der Waals surface area (Å²) in [4.78, 5) is 12.0.